The van der Waals surface area contributed by atoms with Gasteiger partial charge in [-0.15, -0.1) is 15.0 Å². The standard InChI is InChI=1S/C48H42N8O/c1-4-57-47-50-43-29-28-37(44-32-54(33-49-44)34(2)3)30-45(43)55(47)31-35-24-26-36(27-25-35)41-22-14-15-23-42(41)46-51-53-56(52-46)48(38-16-8-5-9-17-38,39-18-10-6-11-19-39)40-20-12-7-13-21-40/h5-30,32-34H,4,31H2,1-3H3. The van der Waals surface area contributed by atoms with E-state index in [0.717, 1.165) is 61.2 Å². The molecule has 280 valence electrons. The molecule has 0 unspecified atom stereocenters. The van der Waals surface area contributed by atoms with Gasteiger partial charge in [0.1, 0.15) is 0 Å². The van der Waals surface area contributed by atoms with E-state index in [-0.39, 0.29) is 0 Å². The molecular weight excluding hydrogens is 705 g/mol. The highest BCUT2D eigenvalue weighted by Gasteiger charge is 2.41. The second kappa shape index (κ2) is 15.2. The molecular formula is C48H42N8O. The number of fused-ring (bicyclic) bond motifs is 1. The molecule has 0 atom stereocenters. The van der Waals surface area contributed by atoms with Crippen LogP contribution in [-0.4, -0.2) is 45.9 Å². The van der Waals surface area contributed by atoms with Crippen molar-refractivity contribution in [1.29, 1.82) is 0 Å². The average Bonchev–Trinajstić information content (AvgIpc) is 4.03. The highest BCUT2D eigenvalue weighted by Crippen LogP contribution is 2.40. The summed E-state index contributed by atoms with van der Waals surface area (Å²) in [5.41, 5.74) is 10.2. The van der Waals surface area contributed by atoms with Gasteiger partial charge in [-0.1, -0.05) is 146 Å². The molecule has 0 aliphatic carbocycles. The largest absolute Gasteiger partial charge is 0.465 e. The van der Waals surface area contributed by atoms with Crippen LogP contribution in [0.15, 0.2) is 170 Å². The Bertz CT molecular complexity index is 2650. The summed E-state index contributed by atoms with van der Waals surface area (Å²) in [5.74, 6) is 0.544. The van der Waals surface area contributed by atoms with Gasteiger partial charge in [0, 0.05) is 23.4 Å². The molecule has 9 aromatic rings. The molecule has 0 saturated carbocycles. The van der Waals surface area contributed by atoms with Gasteiger partial charge in [0.15, 0.2) is 5.54 Å². The summed E-state index contributed by atoms with van der Waals surface area (Å²) in [4.78, 5) is 11.3. The van der Waals surface area contributed by atoms with Gasteiger partial charge in [0.2, 0.25) is 5.82 Å². The molecule has 0 spiro atoms. The van der Waals surface area contributed by atoms with Crippen LogP contribution in [0, 0.1) is 0 Å². The van der Waals surface area contributed by atoms with Gasteiger partial charge < -0.3 is 9.30 Å². The summed E-state index contributed by atoms with van der Waals surface area (Å²) in [7, 11) is 0. The van der Waals surface area contributed by atoms with Gasteiger partial charge in [0.05, 0.1) is 36.2 Å². The Morgan fingerprint density at radius 1 is 0.667 bits per heavy atom. The number of imidazole rings is 2. The first-order valence-electron chi connectivity index (χ1n) is 19.4. The fourth-order valence-corrected chi connectivity index (χ4v) is 7.67. The van der Waals surface area contributed by atoms with Crippen LogP contribution >= 0.6 is 0 Å². The molecule has 0 aliphatic heterocycles. The van der Waals surface area contributed by atoms with E-state index < -0.39 is 5.54 Å². The Morgan fingerprint density at radius 3 is 1.86 bits per heavy atom. The van der Waals surface area contributed by atoms with Crippen molar-refractivity contribution in [2.75, 3.05) is 6.61 Å². The van der Waals surface area contributed by atoms with Crippen molar-refractivity contribution in [1.82, 2.24) is 39.3 Å². The lowest BCUT2D eigenvalue weighted by atomic mass is 9.77. The zero-order chi connectivity index (χ0) is 38.8. The van der Waals surface area contributed by atoms with E-state index in [1.54, 1.807) is 4.80 Å². The second-order valence-corrected chi connectivity index (χ2v) is 14.4. The van der Waals surface area contributed by atoms with Crippen LogP contribution in [0.2, 0.25) is 0 Å². The molecule has 0 amide bonds. The summed E-state index contributed by atoms with van der Waals surface area (Å²) < 4.78 is 10.3. The van der Waals surface area contributed by atoms with Gasteiger partial charge >= 0.3 is 0 Å². The molecule has 3 aromatic heterocycles. The van der Waals surface area contributed by atoms with Gasteiger partial charge in [-0.05, 0) is 71.5 Å². The third-order valence-corrected chi connectivity index (χ3v) is 10.5. The van der Waals surface area contributed by atoms with E-state index >= 15 is 0 Å². The van der Waals surface area contributed by atoms with E-state index in [2.05, 4.69) is 155 Å². The second-order valence-electron chi connectivity index (χ2n) is 14.4. The van der Waals surface area contributed by atoms with E-state index in [1.165, 1.54) is 0 Å². The average molecular weight is 747 g/mol. The molecule has 0 bridgehead atoms. The number of tetrazole rings is 1. The van der Waals surface area contributed by atoms with Gasteiger partial charge in [-0.25, -0.2) is 4.98 Å². The SMILES string of the molecule is CCOc1nc2ccc(-c3cn(C(C)C)cn3)cc2n1Cc1ccc(-c2ccccc2-c2nnn(C(c3ccccc3)(c3ccccc3)c3ccccc3)n2)cc1. The first kappa shape index (κ1) is 35.6. The topological polar surface area (TPSA) is 88.5 Å². The normalized spacial score (nSPS) is 11.7. The maximum absolute atomic E-state index is 6.05. The summed E-state index contributed by atoms with van der Waals surface area (Å²) in [6, 6.07) is 55.3. The third-order valence-electron chi connectivity index (χ3n) is 10.5. The fourth-order valence-electron chi connectivity index (χ4n) is 7.67. The van der Waals surface area contributed by atoms with Crippen LogP contribution in [-0.2, 0) is 12.1 Å². The molecule has 6 aromatic carbocycles. The van der Waals surface area contributed by atoms with Crippen LogP contribution in [0.3, 0.4) is 0 Å². The monoisotopic (exact) mass is 746 g/mol. The van der Waals surface area contributed by atoms with Crippen LogP contribution in [0.5, 0.6) is 6.01 Å². The fraction of sp³-hybridized carbons (Fsp3) is 0.146. The molecule has 9 nitrogen and oxygen atoms in total. The minimum Gasteiger partial charge on any atom is -0.465 e. The van der Waals surface area contributed by atoms with E-state index in [9.17, 15) is 0 Å². The Labute approximate surface area is 331 Å². The van der Waals surface area contributed by atoms with Crippen molar-refractivity contribution in [3.05, 3.63) is 193 Å². The maximum Gasteiger partial charge on any atom is 0.297 e. The molecule has 0 aliphatic rings. The molecule has 0 N–H and O–H groups in total. The highest BCUT2D eigenvalue weighted by molar-refractivity contribution is 5.83. The zero-order valence-corrected chi connectivity index (χ0v) is 32.1. The lowest BCUT2D eigenvalue weighted by molar-refractivity contribution is 0.301. The molecule has 0 radical (unpaired) electrons. The van der Waals surface area contributed by atoms with Crippen molar-refractivity contribution in [2.45, 2.75) is 38.9 Å². The quantitative estimate of drug-likeness (QED) is 0.116. The third kappa shape index (κ3) is 6.57. The maximum atomic E-state index is 6.05. The zero-order valence-electron chi connectivity index (χ0n) is 32.1. The molecule has 9 heteroatoms. The predicted molar refractivity (Wildman–Crippen MR) is 225 cm³/mol. The Kier molecular flexibility index (Phi) is 9.48. The predicted octanol–water partition coefficient (Wildman–Crippen LogP) is 10.1. The van der Waals surface area contributed by atoms with Gasteiger partial charge in [-0.3, -0.25) is 4.57 Å². The Morgan fingerprint density at radius 2 is 1.26 bits per heavy atom. The molecule has 9 rings (SSSR count). The van der Waals surface area contributed by atoms with Crippen molar-refractivity contribution < 1.29 is 4.74 Å². The van der Waals surface area contributed by atoms with Crippen molar-refractivity contribution in [3.8, 4) is 39.8 Å². The molecule has 57 heavy (non-hydrogen) atoms. The molecule has 3 heterocycles. The smallest absolute Gasteiger partial charge is 0.297 e. The van der Waals surface area contributed by atoms with Crippen LogP contribution < -0.4 is 4.74 Å². The number of ether oxygens (including phenoxy) is 1. The minimum absolute atomic E-state index is 0.337. The lowest BCUT2D eigenvalue weighted by Crippen LogP contribution is -2.39. The van der Waals surface area contributed by atoms with Crippen LogP contribution in [0.1, 0.15) is 49.1 Å². The van der Waals surface area contributed by atoms with Crippen molar-refractivity contribution in [3.63, 3.8) is 0 Å². The highest BCUT2D eigenvalue weighted by atomic mass is 16.5. The summed E-state index contributed by atoms with van der Waals surface area (Å²) in [5, 5.41) is 14.7. The van der Waals surface area contributed by atoms with Crippen molar-refractivity contribution in [2.24, 2.45) is 0 Å². The van der Waals surface area contributed by atoms with Gasteiger partial charge in [-0.2, -0.15) is 4.98 Å². The lowest BCUT2D eigenvalue weighted by Gasteiger charge is -2.34. The summed E-state index contributed by atoms with van der Waals surface area (Å²) in [6.45, 7) is 7.40. The number of benzene rings is 6. The summed E-state index contributed by atoms with van der Waals surface area (Å²) >= 11 is 0. The van der Waals surface area contributed by atoms with Crippen molar-refractivity contribution >= 4 is 11.0 Å². The first-order chi connectivity index (χ1) is 28.0. The number of rotatable bonds is 12. The van der Waals surface area contributed by atoms with E-state index in [1.807, 2.05) is 49.6 Å². The van der Waals surface area contributed by atoms with Gasteiger partial charge in [0.25, 0.3) is 6.01 Å². The first-order valence-corrected chi connectivity index (χ1v) is 19.4. The van der Waals surface area contributed by atoms with E-state index in [0.29, 0.717) is 31.0 Å². The van der Waals surface area contributed by atoms with Crippen LogP contribution in [0.25, 0.3) is 44.8 Å². The number of hydrogen-bond donors (Lipinski definition) is 0. The molecule has 0 fully saturated rings. The Balaban J connectivity index is 1.07. The molecule has 0 saturated heterocycles. The summed E-state index contributed by atoms with van der Waals surface area (Å²) in [6.07, 6.45) is 3.98. The number of aromatic nitrogens is 8. The Hall–Kier alpha value is -7.13. The number of nitrogens with zero attached hydrogens (tertiary/aromatic N) is 8. The number of hydrogen-bond acceptors (Lipinski definition) is 6. The van der Waals surface area contributed by atoms with E-state index in [4.69, 9.17) is 25.1 Å². The van der Waals surface area contributed by atoms with Crippen LogP contribution in [0.4, 0.5) is 0 Å². The minimum atomic E-state index is -0.861.